The monoisotopic (exact) mass is 263 g/mol. The van der Waals surface area contributed by atoms with Gasteiger partial charge in [-0.15, -0.1) is 11.3 Å². The molecule has 2 rings (SSSR count). The summed E-state index contributed by atoms with van der Waals surface area (Å²) in [4.78, 5) is 19.7. The van der Waals surface area contributed by atoms with Gasteiger partial charge in [0.15, 0.2) is 10.8 Å². The highest BCUT2D eigenvalue weighted by atomic mass is 32.1. The van der Waals surface area contributed by atoms with Crippen LogP contribution in [0, 0.1) is 6.92 Å². The average molecular weight is 263 g/mol. The molecule has 0 amide bonds. The van der Waals surface area contributed by atoms with E-state index in [4.69, 9.17) is 4.74 Å². The van der Waals surface area contributed by atoms with Crippen LogP contribution in [0.25, 0.3) is 0 Å². The molecule has 0 aliphatic heterocycles. The summed E-state index contributed by atoms with van der Waals surface area (Å²) in [6.45, 7) is 4.09. The summed E-state index contributed by atoms with van der Waals surface area (Å²) >= 11 is 1.36. The van der Waals surface area contributed by atoms with Crippen LogP contribution in [0.5, 0.6) is 0 Å². The van der Waals surface area contributed by atoms with Crippen LogP contribution in [-0.2, 0) is 4.74 Å². The molecular formula is C12H13N3O2S. The number of rotatable bonds is 4. The summed E-state index contributed by atoms with van der Waals surface area (Å²) < 4.78 is 4.88. The topological polar surface area (TPSA) is 64.1 Å². The third-order valence-electron chi connectivity index (χ3n) is 2.27. The maximum atomic E-state index is 11.5. The Kier molecular flexibility index (Phi) is 3.88. The maximum Gasteiger partial charge on any atom is 0.357 e. The first-order chi connectivity index (χ1) is 8.70. The predicted octanol–water partition coefficient (Wildman–Crippen LogP) is 2.77. The Hall–Kier alpha value is -1.95. The van der Waals surface area contributed by atoms with Crippen LogP contribution in [-0.4, -0.2) is 22.5 Å². The number of carbonyl (C=O) groups excluding carboxylic acids is 1. The maximum absolute atomic E-state index is 11.5. The minimum Gasteiger partial charge on any atom is -0.461 e. The fourth-order valence-corrected chi connectivity index (χ4v) is 2.03. The van der Waals surface area contributed by atoms with Crippen molar-refractivity contribution in [2.75, 3.05) is 11.9 Å². The van der Waals surface area contributed by atoms with Crippen molar-refractivity contribution in [2.24, 2.45) is 0 Å². The molecule has 0 spiro atoms. The van der Waals surface area contributed by atoms with Crippen LogP contribution in [0.3, 0.4) is 0 Å². The number of nitrogens with one attached hydrogen (secondary N) is 1. The first kappa shape index (κ1) is 12.5. The van der Waals surface area contributed by atoms with Gasteiger partial charge >= 0.3 is 5.97 Å². The lowest BCUT2D eigenvalue weighted by molar-refractivity contribution is 0.0520. The molecule has 2 aromatic rings. The molecule has 0 radical (unpaired) electrons. The third kappa shape index (κ3) is 2.84. The van der Waals surface area contributed by atoms with Gasteiger partial charge in [-0.05, 0) is 25.5 Å². The number of aromatic nitrogens is 2. The number of thiazole rings is 1. The first-order valence-electron chi connectivity index (χ1n) is 5.51. The molecule has 0 aliphatic carbocycles. The minimum atomic E-state index is -0.398. The summed E-state index contributed by atoms with van der Waals surface area (Å²) in [5, 5.41) is 5.45. The summed E-state index contributed by atoms with van der Waals surface area (Å²) in [5.41, 5.74) is 2.27. The highest BCUT2D eigenvalue weighted by Crippen LogP contribution is 2.22. The Bertz CT molecular complexity index is 554. The van der Waals surface area contributed by atoms with Crippen molar-refractivity contribution in [3.05, 3.63) is 35.1 Å². The number of hydrogen-bond donors (Lipinski definition) is 1. The van der Waals surface area contributed by atoms with Crippen molar-refractivity contribution in [3.8, 4) is 0 Å². The van der Waals surface area contributed by atoms with Gasteiger partial charge in [0.05, 0.1) is 18.5 Å². The van der Waals surface area contributed by atoms with Crippen LogP contribution in [0.15, 0.2) is 23.8 Å². The normalized spacial score (nSPS) is 10.1. The van der Waals surface area contributed by atoms with Gasteiger partial charge in [-0.1, -0.05) is 0 Å². The molecule has 0 bridgehead atoms. The van der Waals surface area contributed by atoms with E-state index in [-0.39, 0.29) is 0 Å². The van der Waals surface area contributed by atoms with Crippen LogP contribution >= 0.6 is 11.3 Å². The molecule has 0 aromatic carbocycles. The van der Waals surface area contributed by atoms with Crippen LogP contribution in [0.4, 0.5) is 10.8 Å². The molecule has 0 saturated heterocycles. The summed E-state index contributed by atoms with van der Waals surface area (Å²) in [5.74, 6) is -0.398. The Morgan fingerprint density at radius 3 is 3.11 bits per heavy atom. The Labute approximate surface area is 109 Å². The van der Waals surface area contributed by atoms with E-state index in [0.717, 1.165) is 11.3 Å². The minimum absolute atomic E-state index is 0.325. The zero-order valence-corrected chi connectivity index (χ0v) is 11.0. The van der Waals surface area contributed by atoms with E-state index in [1.807, 2.05) is 13.0 Å². The third-order valence-corrected chi connectivity index (χ3v) is 3.03. The summed E-state index contributed by atoms with van der Waals surface area (Å²) in [6, 6.07) is 1.90. The van der Waals surface area contributed by atoms with Crippen LogP contribution < -0.4 is 5.32 Å². The van der Waals surface area contributed by atoms with Crippen molar-refractivity contribution < 1.29 is 9.53 Å². The number of hydrogen-bond acceptors (Lipinski definition) is 6. The Balaban J connectivity index is 2.12. The molecule has 94 valence electrons. The molecule has 2 aromatic heterocycles. The molecule has 0 saturated carbocycles. The van der Waals surface area contributed by atoms with Gasteiger partial charge < -0.3 is 10.1 Å². The van der Waals surface area contributed by atoms with Gasteiger partial charge in [0.2, 0.25) is 0 Å². The van der Waals surface area contributed by atoms with E-state index < -0.39 is 5.97 Å². The fraction of sp³-hybridized carbons (Fsp3) is 0.250. The molecule has 2 heterocycles. The summed E-state index contributed by atoms with van der Waals surface area (Å²) in [6.07, 6.45) is 3.45. The summed E-state index contributed by atoms with van der Waals surface area (Å²) in [7, 11) is 0. The highest BCUT2D eigenvalue weighted by molar-refractivity contribution is 7.14. The fourth-order valence-electron chi connectivity index (χ4n) is 1.34. The molecule has 1 N–H and O–H groups in total. The molecular weight excluding hydrogens is 250 g/mol. The van der Waals surface area contributed by atoms with Gasteiger partial charge in [-0.3, -0.25) is 4.98 Å². The number of anilines is 2. The van der Waals surface area contributed by atoms with Crippen LogP contribution in [0.1, 0.15) is 23.0 Å². The Morgan fingerprint density at radius 1 is 1.56 bits per heavy atom. The second kappa shape index (κ2) is 5.59. The zero-order chi connectivity index (χ0) is 13.0. The molecule has 5 nitrogen and oxygen atoms in total. The van der Waals surface area contributed by atoms with Crippen LogP contribution in [0.2, 0.25) is 0 Å². The van der Waals surface area contributed by atoms with E-state index in [0.29, 0.717) is 17.4 Å². The van der Waals surface area contributed by atoms with Gasteiger partial charge in [0, 0.05) is 11.6 Å². The van der Waals surface area contributed by atoms with Gasteiger partial charge in [-0.2, -0.15) is 0 Å². The standard InChI is InChI=1S/C12H13N3O2S/c1-3-17-11(16)10-7-18-12(15-10)14-9-6-13-5-4-8(9)2/h4-7H,3H2,1-2H3,(H,14,15). The number of ether oxygens (including phenoxy) is 1. The lowest BCUT2D eigenvalue weighted by atomic mass is 10.2. The molecule has 0 aliphatic rings. The van der Waals surface area contributed by atoms with Gasteiger partial charge in [0.25, 0.3) is 0 Å². The second-order valence-electron chi connectivity index (χ2n) is 3.57. The lowest BCUT2D eigenvalue weighted by Gasteiger charge is -2.04. The second-order valence-corrected chi connectivity index (χ2v) is 4.43. The average Bonchev–Trinajstić information content (AvgIpc) is 2.81. The molecule has 18 heavy (non-hydrogen) atoms. The number of pyridine rings is 1. The molecule has 0 atom stereocenters. The van der Waals surface area contributed by atoms with Crippen molar-refractivity contribution in [2.45, 2.75) is 13.8 Å². The molecule has 0 unspecified atom stereocenters. The van der Waals surface area contributed by atoms with E-state index in [1.54, 1.807) is 24.7 Å². The van der Waals surface area contributed by atoms with Crippen molar-refractivity contribution in [1.29, 1.82) is 0 Å². The Morgan fingerprint density at radius 2 is 2.39 bits per heavy atom. The quantitative estimate of drug-likeness (QED) is 0.859. The molecule has 0 fully saturated rings. The number of nitrogens with zero attached hydrogens (tertiary/aromatic N) is 2. The highest BCUT2D eigenvalue weighted by Gasteiger charge is 2.11. The smallest absolute Gasteiger partial charge is 0.357 e. The van der Waals surface area contributed by atoms with Crippen molar-refractivity contribution in [3.63, 3.8) is 0 Å². The largest absolute Gasteiger partial charge is 0.461 e. The first-order valence-corrected chi connectivity index (χ1v) is 6.39. The van der Waals surface area contributed by atoms with E-state index in [9.17, 15) is 4.79 Å². The lowest BCUT2D eigenvalue weighted by Crippen LogP contribution is -2.05. The van der Waals surface area contributed by atoms with E-state index in [2.05, 4.69) is 15.3 Å². The predicted molar refractivity (Wildman–Crippen MR) is 70.3 cm³/mol. The van der Waals surface area contributed by atoms with Crippen molar-refractivity contribution in [1.82, 2.24) is 9.97 Å². The number of esters is 1. The van der Waals surface area contributed by atoms with E-state index in [1.165, 1.54) is 11.3 Å². The number of aryl methyl sites for hydroxylation is 1. The number of carbonyl (C=O) groups is 1. The zero-order valence-electron chi connectivity index (χ0n) is 10.1. The van der Waals surface area contributed by atoms with E-state index >= 15 is 0 Å². The van der Waals surface area contributed by atoms with Crippen molar-refractivity contribution >= 4 is 28.1 Å². The SMILES string of the molecule is CCOC(=O)c1csc(Nc2cnccc2C)n1. The van der Waals surface area contributed by atoms with Gasteiger partial charge in [-0.25, -0.2) is 9.78 Å². The molecule has 6 heteroatoms. The van der Waals surface area contributed by atoms with Gasteiger partial charge in [0.1, 0.15) is 0 Å².